The molecule has 5 nitrogen and oxygen atoms in total. The number of rotatable bonds is 7. The van der Waals surface area contributed by atoms with Crippen LogP contribution in [-0.4, -0.2) is 45.5 Å². The molecule has 1 aliphatic heterocycles. The van der Waals surface area contributed by atoms with E-state index in [9.17, 15) is 13.2 Å². The topological polar surface area (TPSA) is 75.3 Å². The quantitative estimate of drug-likeness (QED) is 0.702. The minimum absolute atomic E-state index is 0.000605. The van der Waals surface area contributed by atoms with Crippen LogP contribution in [0.3, 0.4) is 0 Å². The Balaban J connectivity index is 2.48. The third-order valence-electron chi connectivity index (χ3n) is 3.59. The SMILES string of the molecule is CCCC1(C(=O)NCCS(=O)(=O)CC)CCNC1. The van der Waals surface area contributed by atoms with Crippen LogP contribution in [0.4, 0.5) is 0 Å². The molecule has 6 heteroatoms. The Labute approximate surface area is 110 Å². The van der Waals surface area contributed by atoms with E-state index in [1.54, 1.807) is 6.92 Å². The minimum Gasteiger partial charge on any atom is -0.355 e. The Morgan fingerprint density at radius 3 is 2.61 bits per heavy atom. The van der Waals surface area contributed by atoms with Crippen LogP contribution in [0.5, 0.6) is 0 Å². The molecule has 1 rings (SSSR count). The van der Waals surface area contributed by atoms with Gasteiger partial charge >= 0.3 is 0 Å². The van der Waals surface area contributed by atoms with Crippen LogP contribution in [0.2, 0.25) is 0 Å². The molecule has 1 saturated heterocycles. The van der Waals surface area contributed by atoms with Gasteiger partial charge in [-0.3, -0.25) is 4.79 Å². The van der Waals surface area contributed by atoms with Crippen molar-refractivity contribution >= 4 is 15.7 Å². The van der Waals surface area contributed by atoms with E-state index in [4.69, 9.17) is 0 Å². The van der Waals surface area contributed by atoms with Crippen molar-refractivity contribution in [1.82, 2.24) is 10.6 Å². The molecular formula is C12H24N2O3S. The van der Waals surface area contributed by atoms with E-state index >= 15 is 0 Å². The average molecular weight is 276 g/mol. The molecule has 1 fully saturated rings. The van der Waals surface area contributed by atoms with Crippen LogP contribution >= 0.6 is 0 Å². The monoisotopic (exact) mass is 276 g/mol. The van der Waals surface area contributed by atoms with Crippen molar-refractivity contribution in [1.29, 1.82) is 0 Å². The summed E-state index contributed by atoms with van der Waals surface area (Å²) in [4.78, 5) is 12.2. The van der Waals surface area contributed by atoms with Crippen LogP contribution in [-0.2, 0) is 14.6 Å². The van der Waals surface area contributed by atoms with Crippen molar-refractivity contribution in [2.75, 3.05) is 31.1 Å². The zero-order valence-corrected chi connectivity index (χ0v) is 12.1. The second-order valence-electron chi connectivity index (χ2n) is 4.95. The summed E-state index contributed by atoms with van der Waals surface area (Å²) < 4.78 is 22.7. The maximum absolute atomic E-state index is 12.2. The smallest absolute Gasteiger partial charge is 0.227 e. The van der Waals surface area contributed by atoms with E-state index in [1.165, 1.54) is 0 Å². The predicted octanol–water partition coefficient (Wildman–Crippen LogP) is 0.317. The van der Waals surface area contributed by atoms with Crippen LogP contribution in [0.1, 0.15) is 33.1 Å². The fraction of sp³-hybridized carbons (Fsp3) is 0.917. The van der Waals surface area contributed by atoms with Crippen LogP contribution in [0.15, 0.2) is 0 Å². The highest BCUT2D eigenvalue weighted by Crippen LogP contribution is 2.31. The molecule has 18 heavy (non-hydrogen) atoms. The summed E-state index contributed by atoms with van der Waals surface area (Å²) in [6, 6.07) is 0. The lowest BCUT2D eigenvalue weighted by Gasteiger charge is -2.26. The molecule has 0 radical (unpaired) electrons. The number of hydrogen-bond donors (Lipinski definition) is 2. The van der Waals surface area contributed by atoms with Gasteiger partial charge < -0.3 is 10.6 Å². The maximum atomic E-state index is 12.2. The number of amides is 1. The van der Waals surface area contributed by atoms with Gasteiger partial charge in [-0.05, 0) is 19.4 Å². The van der Waals surface area contributed by atoms with Gasteiger partial charge in [-0.2, -0.15) is 0 Å². The Morgan fingerprint density at radius 1 is 1.39 bits per heavy atom. The standard InChI is InChI=1S/C12H24N2O3S/c1-3-5-12(6-7-13-10-12)11(15)14-8-9-18(16,17)4-2/h13H,3-10H2,1-2H3,(H,14,15). The van der Waals surface area contributed by atoms with Gasteiger partial charge in [0.1, 0.15) is 0 Å². The molecule has 0 bridgehead atoms. The van der Waals surface area contributed by atoms with Gasteiger partial charge in [-0.1, -0.05) is 20.3 Å². The number of sulfone groups is 1. The fourth-order valence-corrected chi connectivity index (χ4v) is 3.10. The molecule has 0 aromatic heterocycles. The molecule has 1 aliphatic rings. The van der Waals surface area contributed by atoms with E-state index in [1.807, 2.05) is 0 Å². The third-order valence-corrected chi connectivity index (χ3v) is 5.30. The molecular weight excluding hydrogens is 252 g/mol. The highest BCUT2D eigenvalue weighted by atomic mass is 32.2. The minimum atomic E-state index is -3.00. The van der Waals surface area contributed by atoms with Crippen LogP contribution < -0.4 is 10.6 Å². The lowest BCUT2D eigenvalue weighted by atomic mass is 9.81. The first-order chi connectivity index (χ1) is 8.46. The lowest BCUT2D eigenvalue weighted by molar-refractivity contribution is -0.130. The molecule has 0 aromatic rings. The molecule has 1 unspecified atom stereocenters. The second-order valence-corrected chi connectivity index (χ2v) is 7.42. The summed E-state index contributed by atoms with van der Waals surface area (Å²) in [5, 5.41) is 6.00. The number of nitrogens with one attached hydrogen (secondary N) is 2. The molecule has 1 heterocycles. The van der Waals surface area contributed by atoms with E-state index < -0.39 is 9.84 Å². The normalized spacial score (nSPS) is 24.1. The second kappa shape index (κ2) is 6.52. The summed E-state index contributed by atoms with van der Waals surface area (Å²) in [5.74, 6) is 0.163. The average Bonchev–Trinajstić information content (AvgIpc) is 2.79. The van der Waals surface area contributed by atoms with E-state index in [0.29, 0.717) is 6.54 Å². The van der Waals surface area contributed by atoms with Gasteiger partial charge in [0.25, 0.3) is 0 Å². The first-order valence-electron chi connectivity index (χ1n) is 6.65. The Kier molecular flexibility index (Phi) is 5.59. The van der Waals surface area contributed by atoms with Gasteiger partial charge in [0, 0.05) is 18.8 Å². The van der Waals surface area contributed by atoms with Gasteiger partial charge in [0.2, 0.25) is 5.91 Å². The largest absolute Gasteiger partial charge is 0.355 e. The highest BCUT2D eigenvalue weighted by molar-refractivity contribution is 7.91. The van der Waals surface area contributed by atoms with Gasteiger partial charge in [0.15, 0.2) is 9.84 Å². The summed E-state index contributed by atoms with van der Waals surface area (Å²) in [5.41, 5.74) is -0.329. The molecule has 1 atom stereocenters. The number of carbonyl (C=O) groups is 1. The van der Waals surface area contributed by atoms with E-state index in [-0.39, 0.29) is 29.4 Å². The molecule has 106 valence electrons. The van der Waals surface area contributed by atoms with Crippen molar-refractivity contribution in [2.45, 2.75) is 33.1 Å². The maximum Gasteiger partial charge on any atom is 0.227 e. The molecule has 0 spiro atoms. The molecule has 0 aromatic carbocycles. The van der Waals surface area contributed by atoms with Crippen molar-refractivity contribution in [3.8, 4) is 0 Å². The molecule has 2 N–H and O–H groups in total. The molecule has 0 aliphatic carbocycles. The highest BCUT2D eigenvalue weighted by Gasteiger charge is 2.39. The third kappa shape index (κ3) is 3.95. The predicted molar refractivity (Wildman–Crippen MR) is 72.2 cm³/mol. The Hall–Kier alpha value is -0.620. The lowest BCUT2D eigenvalue weighted by Crippen LogP contribution is -2.44. The Morgan fingerprint density at radius 2 is 2.11 bits per heavy atom. The molecule has 0 saturated carbocycles. The summed E-state index contributed by atoms with van der Waals surface area (Å²) in [6.45, 7) is 5.47. The van der Waals surface area contributed by atoms with Crippen LogP contribution in [0, 0.1) is 5.41 Å². The van der Waals surface area contributed by atoms with Crippen molar-refractivity contribution in [2.24, 2.45) is 5.41 Å². The fourth-order valence-electron chi connectivity index (χ4n) is 2.39. The van der Waals surface area contributed by atoms with Crippen LogP contribution in [0.25, 0.3) is 0 Å². The van der Waals surface area contributed by atoms with Gasteiger partial charge in [-0.25, -0.2) is 8.42 Å². The Bertz CT molecular complexity index is 373. The van der Waals surface area contributed by atoms with E-state index in [0.717, 1.165) is 25.8 Å². The summed E-state index contributed by atoms with van der Waals surface area (Å²) in [6.07, 6.45) is 2.65. The van der Waals surface area contributed by atoms with Gasteiger partial charge in [0.05, 0.1) is 11.2 Å². The zero-order valence-electron chi connectivity index (χ0n) is 11.3. The molecule has 1 amide bonds. The number of hydrogen-bond acceptors (Lipinski definition) is 4. The summed E-state index contributed by atoms with van der Waals surface area (Å²) in [7, 11) is -3.00. The van der Waals surface area contributed by atoms with Crippen molar-refractivity contribution in [3.63, 3.8) is 0 Å². The zero-order chi connectivity index (χ0) is 13.6. The van der Waals surface area contributed by atoms with E-state index in [2.05, 4.69) is 17.6 Å². The van der Waals surface area contributed by atoms with Crippen molar-refractivity contribution < 1.29 is 13.2 Å². The first-order valence-corrected chi connectivity index (χ1v) is 8.47. The van der Waals surface area contributed by atoms with Gasteiger partial charge in [-0.15, -0.1) is 0 Å². The number of carbonyl (C=O) groups excluding carboxylic acids is 1. The van der Waals surface area contributed by atoms with Crippen molar-refractivity contribution in [3.05, 3.63) is 0 Å². The summed E-state index contributed by atoms with van der Waals surface area (Å²) >= 11 is 0. The first kappa shape index (κ1) is 15.4.